The maximum atomic E-state index is 6.58. The van der Waals surface area contributed by atoms with Gasteiger partial charge in [-0.3, -0.25) is 0 Å². The third-order valence-electron chi connectivity index (χ3n) is 12.4. The van der Waals surface area contributed by atoms with E-state index in [-0.39, 0.29) is 0 Å². The normalized spacial score (nSPS) is 11.5. The third-order valence-corrected chi connectivity index (χ3v) is 12.4. The Labute approximate surface area is 360 Å². The molecule has 2 nitrogen and oxygen atoms in total. The molecule has 12 aromatic rings. The Morgan fingerprint density at radius 2 is 0.839 bits per heavy atom. The smallest absolute Gasteiger partial charge is 0.143 e. The van der Waals surface area contributed by atoms with Gasteiger partial charge in [-0.15, -0.1) is 0 Å². The number of nitrogens with zero attached hydrogens (tertiary/aromatic N) is 1. The van der Waals surface area contributed by atoms with Crippen LogP contribution in [0.15, 0.2) is 241 Å². The van der Waals surface area contributed by atoms with Crippen LogP contribution >= 0.6 is 0 Å². The van der Waals surface area contributed by atoms with Crippen LogP contribution in [0.5, 0.6) is 0 Å². The summed E-state index contributed by atoms with van der Waals surface area (Å²) < 4.78 is 6.58. The molecule has 1 heterocycles. The van der Waals surface area contributed by atoms with Crippen molar-refractivity contribution in [2.45, 2.75) is 0 Å². The topological polar surface area (TPSA) is 16.4 Å². The fourth-order valence-corrected chi connectivity index (χ4v) is 9.61. The van der Waals surface area contributed by atoms with Crippen molar-refractivity contribution in [1.82, 2.24) is 0 Å². The van der Waals surface area contributed by atoms with Gasteiger partial charge in [-0.2, -0.15) is 0 Å². The van der Waals surface area contributed by atoms with Crippen molar-refractivity contribution < 1.29 is 4.42 Å². The van der Waals surface area contributed by atoms with Crippen molar-refractivity contribution in [3.05, 3.63) is 237 Å². The van der Waals surface area contributed by atoms with Gasteiger partial charge in [0.15, 0.2) is 0 Å². The van der Waals surface area contributed by atoms with E-state index in [2.05, 4.69) is 241 Å². The molecule has 2 heteroatoms. The van der Waals surface area contributed by atoms with Crippen LogP contribution in [-0.4, -0.2) is 0 Å². The summed E-state index contributed by atoms with van der Waals surface area (Å²) in [5.74, 6) is 0. The summed E-state index contributed by atoms with van der Waals surface area (Å²) in [6.45, 7) is 0. The Bertz CT molecular complexity index is 3610. The summed E-state index contributed by atoms with van der Waals surface area (Å²) in [6, 6.07) is 85.5. The molecule has 0 atom stereocenters. The van der Waals surface area contributed by atoms with Gasteiger partial charge in [0.1, 0.15) is 11.2 Å². The number of anilines is 3. The third kappa shape index (κ3) is 5.96. The van der Waals surface area contributed by atoms with Crippen molar-refractivity contribution in [3.8, 4) is 44.5 Å². The Morgan fingerprint density at radius 3 is 1.58 bits per heavy atom. The molecule has 0 aliphatic rings. The van der Waals surface area contributed by atoms with E-state index >= 15 is 0 Å². The Hall–Kier alpha value is -8.20. The number of furan rings is 1. The zero-order valence-corrected chi connectivity index (χ0v) is 33.9. The molecule has 0 saturated heterocycles. The first-order chi connectivity index (χ1) is 30.8. The van der Waals surface area contributed by atoms with Gasteiger partial charge in [0, 0.05) is 33.2 Å². The minimum Gasteiger partial charge on any atom is -0.455 e. The van der Waals surface area contributed by atoms with Crippen LogP contribution in [0.25, 0.3) is 98.8 Å². The molecule has 0 bridgehead atoms. The molecule has 0 N–H and O–H groups in total. The van der Waals surface area contributed by atoms with E-state index < -0.39 is 0 Å². The monoisotopic (exact) mass is 789 g/mol. The van der Waals surface area contributed by atoms with E-state index in [9.17, 15) is 0 Å². The Kier molecular flexibility index (Phi) is 8.53. The van der Waals surface area contributed by atoms with Gasteiger partial charge in [0.25, 0.3) is 0 Å². The lowest BCUT2D eigenvalue weighted by molar-refractivity contribution is 0.673. The fraction of sp³-hybridized carbons (Fsp3) is 0. The van der Waals surface area contributed by atoms with Crippen molar-refractivity contribution in [2.24, 2.45) is 0 Å². The quantitative estimate of drug-likeness (QED) is 0.150. The van der Waals surface area contributed by atoms with Gasteiger partial charge >= 0.3 is 0 Å². The van der Waals surface area contributed by atoms with E-state index in [0.29, 0.717) is 0 Å². The summed E-state index contributed by atoms with van der Waals surface area (Å²) in [5.41, 5.74) is 14.6. The van der Waals surface area contributed by atoms with E-state index in [1.165, 1.54) is 60.3 Å². The molecule has 290 valence electrons. The van der Waals surface area contributed by atoms with E-state index in [0.717, 1.165) is 55.5 Å². The second-order valence-corrected chi connectivity index (χ2v) is 16.0. The van der Waals surface area contributed by atoms with Crippen LogP contribution < -0.4 is 4.90 Å². The molecule has 1 aromatic heterocycles. The summed E-state index contributed by atoms with van der Waals surface area (Å²) in [6.07, 6.45) is 0. The number of hydrogen-bond donors (Lipinski definition) is 0. The highest BCUT2D eigenvalue weighted by Gasteiger charge is 2.21. The minimum absolute atomic E-state index is 0.894. The standard InChI is InChI=1S/C60H39NO/c1-4-16-40(17-5-1)45-23-14-24-47(38-45)61(46-33-30-42(31-34-46)49-28-15-29-56-59(49)54-36-32-41-18-10-11-25-50(41)60(54)62-56)48-35-37-52-51-26-12-13-27-53(51)57(43-19-6-2-7-20-43)58(55(52)39-48)44-21-8-3-9-22-44/h1-39H. The fourth-order valence-electron chi connectivity index (χ4n) is 9.61. The lowest BCUT2D eigenvalue weighted by Crippen LogP contribution is -2.10. The van der Waals surface area contributed by atoms with Crippen LogP contribution in [0.4, 0.5) is 17.1 Å². The van der Waals surface area contributed by atoms with Crippen LogP contribution in [0.1, 0.15) is 0 Å². The van der Waals surface area contributed by atoms with Gasteiger partial charge < -0.3 is 9.32 Å². The highest BCUT2D eigenvalue weighted by Crippen LogP contribution is 2.47. The molecular formula is C60H39NO. The maximum absolute atomic E-state index is 6.58. The average molecular weight is 790 g/mol. The molecule has 62 heavy (non-hydrogen) atoms. The minimum atomic E-state index is 0.894. The molecule has 0 saturated carbocycles. The molecule has 0 radical (unpaired) electrons. The summed E-state index contributed by atoms with van der Waals surface area (Å²) in [5, 5.41) is 9.49. The predicted molar refractivity (Wildman–Crippen MR) is 263 cm³/mol. The largest absolute Gasteiger partial charge is 0.455 e. The number of benzene rings is 11. The average Bonchev–Trinajstić information content (AvgIpc) is 3.75. The highest BCUT2D eigenvalue weighted by molar-refractivity contribution is 6.22. The van der Waals surface area contributed by atoms with Gasteiger partial charge in [-0.25, -0.2) is 0 Å². The van der Waals surface area contributed by atoms with Crippen molar-refractivity contribution in [3.63, 3.8) is 0 Å². The summed E-state index contributed by atoms with van der Waals surface area (Å²) in [7, 11) is 0. The Morgan fingerprint density at radius 1 is 0.290 bits per heavy atom. The molecule has 0 spiro atoms. The second-order valence-electron chi connectivity index (χ2n) is 16.0. The Balaban J connectivity index is 1.08. The molecule has 0 aliphatic heterocycles. The molecule has 0 fully saturated rings. The van der Waals surface area contributed by atoms with Gasteiger partial charge in [0.2, 0.25) is 0 Å². The summed E-state index contributed by atoms with van der Waals surface area (Å²) in [4.78, 5) is 2.40. The van der Waals surface area contributed by atoms with E-state index in [1.807, 2.05) is 0 Å². The van der Waals surface area contributed by atoms with Crippen LogP contribution in [-0.2, 0) is 0 Å². The molecular weight excluding hydrogens is 751 g/mol. The van der Waals surface area contributed by atoms with Crippen molar-refractivity contribution in [1.29, 1.82) is 0 Å². The first kappa shape index (κ1) is 35.7. The first-order valence-corrected chi connectivity index (χ1v) is 21.3. The van der Waals surface area contributed by atoms with Crippen molar-refractivity contribution in [2.75, 3.05) is 4.90 Å². The zero-order valence-electron chi connectivity index (χ0n) is 33.9. The molecule has 0 unspecified atom stereocenters. The lowest BCUT2D eigenvalue weighted by atomic mass is 9.85. The van der Waals surface area contributed by atoms with E-state index in [1.54, 1.807) is 0 Å². The zero-order chi connectivity index (χ0) is 41.0. The van der Waals surface area contributed by atoms with Gasteiger partial charge in [0.05, 0.1) is 0 Å². The predicted octanol–water partition coefficient (Wildman–Crippen LogP) is 17.2. The summed E-state index contributed by atoms with van der Waals surface area (Å²) >= 11 is 0. The molecule has 0 amide bonds. The maximum Gasteiger partial charge on any atom is 0.143 e. The first-order valence-electron chi connectivity index (χ1n) is 21.3. The highest BCUT2D eigenvalue weighted by atomic mass is 16.3. The second kappa shape index (κ2) is 14.8. The number of rotatable bonds is 7. The number of hydrogen-bond acceptors (Lipinski definition) is 2. The molecule has 0 aliphatic carbocycles. The van der Waals surface area contributed by atoms with E-state index in [4.69, 9.17) is 4.42 Å². The number of fused-ring (bicyclic) bond motifs is 8. The SMILES string of the molecule is c1ccc(-c2cccc(N(c3ccc(-c4cccc5oc6c7ccccc7ccc6c45)cc3)c3ccc4c(c3)c(-c3ccccc3)c(-c3ccccc3)c3ccccc34)c2)cc1. The van der Waals surface area contributed by atoms with Gasteiger partial charge in [-0.1, -0.05) is 188 Å². The van der Waals surface area contributed by atoms with Crippen LogP contribution in [0, 0.1) is 0 Å². The van der Waals surface area contributed by atoms with Gasteiger partial charge in [-0.05, 0) is 120 Å². The van der Waals surface area contributed by atoms with Crippen LogP contribution in [0.3, 0.4) is 0 Å². The molecule has 11 aromatic carbocycles. The van der Waals surface area contributed by atoms with Crippen LogP contribution in [0.2, 0.25) is 0 Å². The lowest BCUT2D eigenvalue weighted by Gasteiger charge is -2.27. The molecule has 12 rings (SSSR count). The van der Waals surface area contributed by atoms with Crippen molar-refractivity contribution >= 4 is 71.3 Å².